The van der Waals surface area contributed by atoms with Crippen LogP contribution in [0.15, 0.2) is 11.4 Å². The highest BCUT2D eigenvalue weighted by molar-refractivity contribution is 7.10. The maximum absolute atomic E-state index is 5.90. The maximum atomic E-state index is 5.90. The van der Waals surface area contributed by atoms with Crippen LogP contribution in [0.3, 0.4) is 0 Å². The van der Waals surface area contributed by atoms with E-state index in [0.29, 0.717) is 6.04 Å². The minimum absolute atomic E-state index is 0.468. The number of hydrogen-bond donors (Lipinski definition) is 2. The van der Waals surface area contributed by atoms with E-state index in [1.54, 1.807) is 0 Å². The van der Waals surface area contributed by atoms with Crippen molar-refractivity contribution >= 4 is 11.3 Å². The molecule has 0 saturated heterocycles. The van der Waals surface area contributed by atoms with Crippen LogP contribution in [0.1, 0.15) is 36.1 Å². The van der Waals surface area contributed by atoms with Gasteiger partial charge in [-0.25, -0.2) is 0 Å². The molecule has 3 heteroatoms. The zero-order valence-electron chi connectivity index (χ0n) is 10.0. The molecule has 90 valence electrons. The molecule has 0 bridgehead atoms. The van der Waals surface area contributed by atoms with Crippen LogP contribution in [-0.2, 0) is 6.54 Å². The van der Waals surface area contributed by atoms with E-state index in [0.717, 1.165) is 19.0 Å². The Morgan fingerprint density at radius 1 is 1.38 bits per heavy atom. The molecule has 0 spiro atoms. The summed E-state index contributed by atoms with van der Waals surface area (Å²) in [4.78, 5) is 1.48. The van der Waals surface area contributed by atoms with Crippen molar-refractivity contribution in [2.45, 2.75) is 45.2 Å². The molecular weight excluding hydrogens is 216 g/mol. The Bertz CT molecular complexity index is 313. The summed E-state index contributed by atoms with van der Waals surface area (Å²) < 4.78 is 0. The van der Waals surface area contributed by atoms with Gasteiger partial charge in [-0.1, -0.05) is 0 Å². The average molecular weight is 238 g/mol. The first kappa shape index (κ1) is 12.1. The summed E-state index contributed by atoms with van der Waals surface area (Å²) >= 11 is 1.85. The van der Waals surface area contributed by atoms with Crippen LogP contribution >= 0.6 is 11.3 Å². The molecule has 0 atom stereocenters. The van der Waals surface area contributed by atoms with Crippen molar-refractivity contribution in [3.8, 4) is 0 Å². The molecule has 0 aliphatic heterocycles. The van der Waals surface area contributed by atoms with Crippen LogP contribution in [-0.4, -0.2) is 12.6 Å². The van der Waals surface area contributed by atoms with Gasteiger partial charge in [0.2, 0.25) is 0 Å². The average Bonchev–Trinajstić information content (AvgIpc) is 2.68. The molecule has 1 aliphatic rings. The Labute approximate surface area is 102 Å². The Kier molecular flexibility index (Phi) is 4.38. The fraction of sp³-hybridized carbons (Fsp3) is 0.692. The van der Waals surface area contributed by atoms with E-state index >= 15 is 0 Å². The van der Waals surface area contributed by atoms with Gasteiger partial charge in [0.25, 0.3) is 0 Å². The molecule has 1 aromatic heterocycles. The number of rotatable bonds is 4. The molecule has 0 amide bonds. The first-order valence-electron chi connectivity index (χ1n) is 6.25. The van der Waals surface area contributed by atoms with Gasteiger partial charge in [0.05, 0.1) is 0 Å². The van der Waals surface area contributed by atoms with Crippen LogP contribution in [0.2, 0.25) is 0 Å². The van der Waals surface area contributed by atoms with Crippen LogP contribution in [0.4, 0.5) is 0 Å². The fourth-order valence-corrected chi connectivity index (χ4v) is 3.24. The number of thiophene rings is 1. The Balaban J connectivity index is 1.67. The van der Waals surface area contributed by atoms with E-state index in [-0.39, 0.29) is 0 Å². The fourth-order valence-electron chi connectivity index (χ4n) is 2.37. The number of nitrogens with one attached hydrogen (secondary N) is 1. The zero-order valence-corrected chi connectivity index (χ0v) is 10.9. The minimum Gasteiger partial charge on any atom is -0.328 e. The van der Waals surface area contributed by atoms with Gasteiger partial charge >= 0.3 is 0 Å². The standard InChI is InChI=1S/C13H22N2S/c1-10-6-7-16-13(10)9-15-8-11-2-4-12(14)5-3-11/h6-7,11-12,15H,2-5,8-9,14H2,1H3. The second-order valence-electron chi connectivity index (χ2n) is 4.94. The monoisotopic (exact) mass is 238 g/mol. The highest BCUT2D eigenvalue weighted by atomic mass is 32.1. The summed E-state index contributed by atoms with van der Waals surface area (Å²) in [6, 6.07) is 2.66. The molecule has 2 rings (SSSR count). The summed E-state index contributed by atoms with van der Waals surface area (Å²) in [5.74, 6) is 0.847. The van der Waals surface area contributed by atoms with Crippen molar-refractivity contribution in [2.75, 3.05) is 6.54 Å². The number of aryl methyl sites for hydroxylation is 1. The lowest BCUT2D eigenvalue weighted by Gasteiger charge is -2.26. The maximum Gasteiger partial charge on any atom is 0.0302 e. The number of hydrogen-bond acceptors (Lipinski definition) is 3. The highest BCUT2D eigenvalue weighted by Gasteiger charge is 2.17. The van der Waals surface area contributed by atoms with Gasteiger partial charge in [-0.15, -0.1) is 11.3 Å². The third-order valence-corrected chi connectivity index (χ3v) is 4.60. The van der Waals surface area contributed by atoms with Crippen molar-refractivity contribution in [1.29, 1.82) is 0 Å². The van der Waals surface area contributed by atoms with E-state index in [4.69, 9.17) is 5.73 Å². The minimum atomic E-state index is 0.468. The van der Waals surface area contributed by atoms with Crippen LogP contribution in [0.5, 0.6) is 0 Å². The lowest BCUT2D eigenvalue weighted by molar-refractivity contribution is 0.314. The lowest BCUT2D eigenvalue weighted by atomic mass is 9.86. The van der Waals surface area contributed by atoms with E-state index in [1.165, 1.54) is 36.1 Å². The van der Waals surface area contributed by atoms with Crippen LogP contribution < -0.4 is 11.1 Å². The van der Waals surface area contributed by atoms with Crippen molar-refractivity contribution < 1.29 is 0 Å². The summed E-state index contributed by atoms with van der Waals surface area (Å²) in [6.45, 7) is 4.38. The summed E-state index contributed by atoms with van der Waals surface area (Å²) in [5.41, 5.74) is 7.32. The third kappa shape index (κ3) is 3.30. The summed E-state index contributed by atoms with van der Waals surface area (Å²) in [6.07, 6.45) is 5.03. The van der Waals surface area contributed by atoms with E-state index in [2.05, 4.69) is 23.7 Å². The van der Waals surface area contributed by atoms with Gasteiger partial charge in [-0.2, -0.15) is 0 Å². The molecule has 1 fully saturated rings. The molecule has 16 heavy (non-hydrogen) atoms. The van der Waals surface area contributed by atoms with E-state index < -0.39 is 0 Å². The molecule has 0 unspecified atom stereocenters. The molecule has 1 heterocycles. The number of nitrogens with two attached hydrogens (primary N) is 1. The molecule has 1 saturated carbocycles. The zero-order chi connectivity index (χ0) is 11.4. The second kappa shape index (κ2) is 5.80. The first-order valence-corrected chi connectivity index (χ1v) is 7.13. The van der Waals surface area contributed by atoms with Gasteiger partial charge in [-0.3, -0.25) is 0 Å². The SMILES string of the molecule is Cc1ccsc1CNCC1CCC(N)CC1. The second-order valence-corrected chi connectivity index (χ2v) is 5.94. The normalized spacial score (nSPS) is 25.9. The highest BCUT2D eigenvalue weighted by Crippen LogP contribution is 2.22. The van der Waals surface area contributed by atoms with Crippen LogP contribution in [0, 0.1) is 12.8 Å². The predicted molar refractivity (Wildman–Crippen MR) is 70.7 cm³/mol. The topological polar surface area (TPSA) is 38.0 Å². The third-order valence-electron chi connectivity index (χ3n) is 3.58. The van der Waals surface area contributed by atoms with E-state index in [9.17, 15) is 0 Å². The molecule has 2 nitrogen and oxygen atoms in total. The van der Waals surface area contributed by atoms with Crippen molar-refractivity contribution in [3.63, 3.8) is 0 Å². The Morgan fingerprint density at radius 2 is 2.12 bits per heavy atom. The van der Waals surface area contributed by atoms with Gasteiger partial charge < -0.3 is 11.1 Å². The largest absolute Gasteiger partial charge is 0.328 e. The quantitative estimate of drug-likeness (QED) is 0.846. The molecule has 1 aromatic rings. The van der Waals surface area contributed by atoms with Gasteiger partial charge in [0, 0.05) is 17.5 Å². The summed E-state index contributed by atoms with van der Waals surface area (Å²) in [7, 11) is 0. The summed E-state index contributed by atoms with van der Waals surface area (Å²) in [5, 5.41) is 5.76. The molecule has 0 aromatic carbocycles. The van der Waals surface area contributed by atoms with Crippen molar-refractivity contribution in [3.05, 3.63) is 21.9 Å². The van der Waals surface area contributed by atoms with Crippen molar-refractivity contribution in [2.24, 2.45) is 11.7 Å². The van der Waals surface area contributed by atoms with Gasteiger partial charge in [0.15, 0.2) is 0 Å². The van der Waals surface area contributed by atoms with Gasteiger partial charge in [0.1, 0.15) is 0 Å². The Hall–Kier alpha value is -0.380. The lowest BCUT2D eigenvalue weighted by Crippen LogP contribution is -2.31. The first-order chi connectivity index (χ1) is 7.75. The molecule has 3 N–H and O–H groups in total. The predicted octanol–water partition coefficient (Wildman–Crippen LogP) is 2.66. The van der Waals surface area contributed by atoms with Gasteiger partial charge in [-0.05, 0) is 62.1 Å². The van der Waals surface area contributed by atoms with E-state index in [1.807, 2.05) is 11.3 Å². The molecule has 1 aliphatic carbocycles. The Morgan fingerprint density at radius 3 is 2.75 bits per heavy atom. The smallest absolute Gasteiger partial charge is 0.0302 e. The van der Waals surface area contributed by atoms with Crippen molar-refractivity contribution in [1.82, 2.24) is 5.32 Å². The molecular formula is C13H22N2S. The molecule has 0 radical (unpaired) electrons. The van der Waals surface area contributed by atoms with Crippen LogP contribution in [0.25, 0.3) is 0 Å².